The van der Waals surface area contributed by atoms with Gasteiger partial charge in [-0.25, -0.2) is 0 Å². The first-order valence-electron chi connectivity index (χ1n) is 3.36. The number of hydrogen-bond donors (Lipinski definition) is 1. The molecule has 13 heavy (non-hydrogen) atoms. The summed E-state index contributed by atoms with van der Waals surface area (Å²) in [5, 5.41) is 19.6. The third-order valence-corrected chi connectivity index (χ3v) is 1.57. The maximum absolute atomic E-state index is 10.4. The summed E-state index contributed by atoms with van der Waals surface area (Å²) < 4.78 is 0. The fourth-order valence-electron chi connectivity index (χ4n) is 0.867. The van der Waals surface area contributed by atoms with E-state index in [1.54, 1.807) is 0 Å². The van der Waals surface area contributed by atoms with Crippen molar-refractivity contribution in [2.75, 3.05) is 0 Å². The lowest BCUT2D eigenvalue weighted by Crippen LogP contribution is -1.97. The smallest absolute Gasteiger partial charge is 0.301 e. The minimum atomic E-state index is -0.768. The molecule has 0 saturated carbocycles. The van der Waals surface area contributed by atoms with Crippen molar-refractivity contribution in [2.45, 2.75) is 6.92 Å². The van der Waals surface area contributed by atoms with Gasteiger partial charge in [0.05, 0.1) is 10.6 Å². The highest BCUT2D eigenvalue weighted by Gasteiger charge is 2.19. The molecule has 6 nitrogen and oxygen atoms in total. The maximum atomic E-state index is 10.4. The minimum Gasteiger partial charge on any atom is -0.505 e. The normalized spacial score (nSPS) is 9.62. The van der Waals surface area contributed by atoms with Crippen LogP contribution >= 0.6 is 0 Å². The molecule has 68 valence electrons. The van der Waals surface area contributed by atoms with Crippen molar-refractivity contribution in [3.63, 3.8) is 0 Å². The molecule has 0 unspecified atom stereocenters. The molecule has 6 heteroatoms. The molecule has 1 aromatic rings. The number of carbonyl (C=O) groups is 1. The molecule has 0 bridgehead atoms. The van der Waals surface area contributed by atoms with Crippen LogP contribution in [0, 0.1) is 17.0 Å². The van der Waals surface area contributed by atoms with Crippen molar-refractivity contribution in [3.05, 3.63) is 27.6 Å². The van der Waals surface area contributed by atoms with E-state index in [0.29, 0.717) is 0 Å². The summed E-state index contributed by atoms with van der Waals surface area (Å²) in [7, 11) is 0. The quantitative estimate of drug-likeness (QED) is 0.415. The van der Waals surface area contributed by atoms with E-state index in [9.17, 15) is 20.0 Å². The van der Waals surface area contributed by atoms with Gasteiger partial charge in [-0.2, -0.15) is 0 Å². The van der Waals surface area contributed by atoms with Crippen LogP contribution in [0.4, 0.5) is 5.69 Å². The first-order valence-corrected chi connectivity index (χ1v) is 3.36. The number of aldehydes is 1. The number of nitro groups is 1. The van der Waals surface area contributed by atoms with Crippen LogP contribution in [0.5, 0.6) is 5.75 Å². The zero-order chi connectivity index (χ0) is 10.0. The molecule has 1 rings (SSSR count). The van der Waals surface area contributed by atoms with Crippen LogP contribution in [0.1, 0.15) is 16.1 Å². The summed E-state index contributed by atoms with van der Waals surface area (Å²) in [5.41, 5.74) is -0.636. The molecule has 0 fully saturated rings. The van der Waals surface area contributed by atoms with Gasteiger partial charge in [-0.1, -0.05) is 0 Å². The molecule has 0 spiro atoms. The average Bonchev–Trinajstić information content (AvgIpc) is 2.09. The van der Waals surface area contributed by atoms with Crippen LogP contribution in [0.25, 0.3) is 0 Å². The molecule has 0 amide bonds. The topological polar surface area (TPSA) is 93.3 Å². The third kappa shape index (κ3) is 1.46. The van der Waals surface area contributed by atoms with Crippen molar-refractivity contribution < 1.29 is 14.8 Å². The van der Waals surface area contributed by atoms with Gasteiger partial charge in [0.15, 0.2) is 12.0 Å². The lowest BCUT2D eigenvalue weighted by Gasteiger charge is -2.00. The van der Waals surface area contributed by atoms with Crippen LogP contribution < -0.4 is 0 Å². The van der Waals surface area contributed by atoms with Gasteiger partial charge in [0, 0.05) is 0 Å². The van der Waals surface area contributed by atoms with Gasteiger partial charge >= 0.3 is 5.69 Å². The maximum Gasteiger partial charge on any atom is 0.301 e. The van der Waals surface area contributed by atoms with E-state index >= 15 is 0 Å². The van der Waals surface area contributed by atoms with Crippen molar-refractivity contribution in [2.24, 2.45) is 0 Å². The predicted octanol–water partition coefficient (Wildman–Crippen LogP) is 0.816. The highest BCUT2D eigenvalue weighted by molar-refractivity contribution is 5.85. The number of rotatable bonds is 2. The van der Waals surface area contributed by atoms with E-state index in [-0.39, 0.29) is 17.5 Å². The van der Waals surface area contributed by atoms with Gasteiger partial charge in [0.25, 0.3) is 0 Å². The Hall–Kier alpha value is -1.98. The lowest BCUT2D eigenvalue weighted by atomic mass is 10.2. The number of aromatic nitrogens is 1. The van der Waals surface area contributed by atoms with Crippen molar-refractivity contribution in [1.29, 1.82) is 0 Å². The summed E-state index contributed by atoms with van der Waals surface area (Å²) >= 11 is 0. The van der Waals surface area contributed by atoms with Crippen molar-refractivity contribution in [1.82, 2.24) is 4.98 Å². The molecular weight excluding hydrogens is 176 g/mol. The number of hydrogen-bond acceptors (Lipinski definition) is 5. The summed E-state index contributed by atoms with van der Waals surface area (Å²) in [6.45, 7) is 1.45. The van der Waals surface area contributed by atoms with Crippen LogP contribution in [-0.2, 0) is 0 Å². The Balaban J connectivity index is 3.47. The Labute approximate surface area is 73.0 Å². The zero-order valence-electron chi connectivity index (χ0n) is 6.72. The molecular formula is C7H6N2O4. The first-order chi connectivity index (χ1) is 6.07. The van der Waals surface area contributed by atoms with Gasteiger partial charge in [-0.3, -0.25) is 19.9 Å². The van der Waals surface area contributed by atoms with Gasteiger partial charge in [0.2, 0.25) is 0 Å². The molecule has 0 saturated heterocycles. The van der Waals surface area contributed by atoms with E-state index in [4.69, 9.17) is 0 Å². The fourth-order valence-corrected chi connectivity index (χ4v) is 0.867. The second kappa shape index (κ2) is 3.18. The SMILES string of the molecule is Cc1ncc([N+](=O)[O-])c(C=O)c1O. The number of aryl methyl sites for hydroxylation is 1. The third-order valence-electron chi connectivity index (χ3n) is 1.57. The van der Waals surface area contributed by atoms with Crippen molar-refractivity contribution >= 4 is 12.0 Å². The van der Waals surface area contributed by atoms with Crippen LogP contribution in [-0.4, -0.2) is 21.3 Å². The van der Waals surface area contributed by atoms with E-state index in [1.807, 2.05) is 0 Å². The highest BCUT2D eigenvalue weighted by atomic mass is 16.6. The van der Waals surface area contributed by atoms with E-state index < -0.39 is 16.4 Å². The van der Waals surface area contributed by atoms with Gasteiger partial charge < -0.3 is 5.11 Å². The standard InChI is InChI=1S/C7H6N2O4/c1-4-7(11)5(3-10)6(2-8-4)9(12)13/h2-3,11H,1H3. The Kier molecular flexibility index (Phi) is 2.23. The van der Waals surface area contributed by atoms with Crippen molar-refractivity contribution in [3.8, 4) is 5.75 Å². The Morgan fingerprint density at radius 1 is 1.69 bits per heavy atom. The Morgan fingerprint density at radius 3 is 2.77 bits per heavy atom. The highest BCUT2D eigenvalue weighted by Crippen LogP contribution is 2.26. The molecule has 1 N–H and O–H groups in total. The molecule has 0 aliphatic carbocycles. The summed E-state index contributed by atoms with van der Waals surface area (Å²) in [5.74, 6) is -0.441. The van der Waals surface area contributed by atoms with Crippen LogP contribution in [0.15, 0.2) is 6.20 Å². The lowest BCUT2D eigenvalue weighted by molar-refractivity contribution is -0.385. The zero-order valence-corrected chi connectivity index (χ0v) is 6.72. The molecule has 0 aliphatic heterocycles. The molecule has 0 atom stereocenters. The molecule has 0 aliphatic rings. The number of pyridine rings is 1. The van der Waals surface area contributed by atoms with Gasteiger partial charge in [-0.05, 0) is 6.92 Å². The molecule has 0 aromatic carbocycles. The molecule has 0 radical (unpaired) electrons. The summed E-state index contributed by atoms with van der Waals surface area (Å²) in [6.07, 6.45) is 1.18. The van der Waals surface area contributed by atoms with Crippen LogP contribution in [0.2, 0.25) is 0 Å². The average molecular weight is 182 g/mol. The van der Waals surface area contributed by atoms with E-state index in [2.05, 4.69) is 4.98 Å². The van der Waals surface area contributed by atoms with Gasteiger partial charge in [-0.15, -0.1) is 0 Å². The summed E-state index contributed by atoms with van der Waals surface area (Å²) in [6, 6.07) is 0. The summed E-state index contributed by atoms with van der Waals surface area (Å²) in [4.78, 5) is 23.5. The fraction of sp³-hybridized carbons (Fsp3) is 0.143. The first kappa shape index (κ1) is 9.11. The van der Waals surface area contributed by atoms with Crippen LogP contribution in [0.3, 0.4) is 0 Å². The monoisotopic (exact) mass is 182 g/mol. The molecule has 1 heterocycles. The number of nitrogens with zero attached hydrogens (tertiary/aromatic N) is 2. The predicted molar refractivity (Wildman–Crippen MR) is 42.7 cm³/mol. The largest absolute Gasteiger partial charge is 0.505 e. The Bertz CT molecular complexity index is 375. The minimum absolute atomic E-state index is 0.188. The second-order valence-electron chi connectivity index (χ2n) is 2.37. The number of carbonyl (C=O) groups excluding carboxylic acids is 1. The number of aromatic hydroxyl groups is 1. The van der Waals surface area contributed by atoms with Gasteiger partial charge in [0.1, 0.15) is 11.8 Å². The molecule has 1 aromatic heterocycles. The Morgan fingerprint density at radius 2 is 2.31 bits per heavy atom. The van der Waals surface area contributed by atoms with E-state index in [1.165, 1.54) is 6.92 Å². The van der Waals surface area contributed by atoms with E-state index in [0.717, 1.165) is 6.20 Å². The second-order valence-corrected chi connectivity index (χ2v) is 2.37.